The van der Waals surface area contributed by atoms with E-state index in [1.54, 1.807) is 0 Å². The summed E-state index contributed by atoms with van der Waals surface area (Å²) in [6, 6.07) is 47.7. The summed E-state index contributed by atoms with van der Waals surface area (Å²) in [6.45, 7) is 0. The van der Waals surface area contributed by atoms with Crippen LogP contribution >= 0.6 is 0 Å². The Morgan fingerprint density at radius 3 is 1.83 bits per heavy atom. The Bertz CT molecular complexity index is 2150. The van der Waals surface area contributed by atoms with Gasteiger partial charge in [-0.1, -0.05) is 115 Å². The van der Waals surface area contributed by atoms with Crippen LogP contribution < -0.4 is 0 Å². The second kappa shape index (κ2) is 10.0. The molecule has 0 radical (unpaired) electrons. The van der Waals surface area contributed by atoms with Crippen molar-refractivity contribution in [3.05, 3.63) is 146 Å². The molecule has 0 saturated carbocycles. The fraction of sp³-hybridized carbons (Fsp3) is 0. The molecule has 42 heavy (non-hydrogen) atoms. The minimum Gasteiger partial charge on any atom is -0.254 e. The van der Waals surface area contributed by atoms with E-state index in [1.807, 2.05) is 72.9 Å². The largest absolute Gasteiger partial charge is 0.254 e. The molecule has 0 unspecified atom stereocenters. The summed E-state index contributed by atoms with van der Waals surface area (Å²) in [6.07, 6.45) is 1.89. The molecule has 0 N–H and O–H groups in total. The Labute approximate surface area is 243 Å². The standard InChI is InChI=1S/C38H24N4/c1-3-12-26(13-4-1)34-23-35(42-38(41-34)27-14-5-2-6-15-27)28-20-22-33(39-24-28)37-31-21-19-25-11-7-8-16-29(25)36(31)30-17-9-10-18-32(30)40-37/h1-24H. The maximum absolute atomic E-state index is 5.10. The Balaban J connectivity index is 1.28. The molecule has 5 aromatic carbocycles. The van der Waals surface area contributed by atoms with Crippen LogP contribution in [0.1, 0.15) is 0 Å². The van der Waals surface area contributed by atoms with Crippen molar-refractivity contribution in [2.45, 2.75) is 0 Å². The van der Waals surface area contributed by atoms with E-state index in [4.69, 9.17) is 19.9 Å². The average molecular weight is 537 g/mol. The molecule has 4 nitrogen and oxygen atoms in total. The van der Waals surface area contributed by atoms with Gasteiger partial charge in [-0.25, -0.2) is 15.0 Å². The highest BCUT2D eigenvalue weighted by Crippen LogP contribution is 2.37. The number of benzene rings is 5. The van der Waals surface area contributed by atoms with Crippen molar-refractivity contribution >= 4 is 32.4 Å². The molecule has 3 heterocycles. The quantitative estimate of drug-likeness (QED) is 0.210. The van der Waals surface area contributed by atoms with E-state index in [0.29, 0.717) is 5.82 Å². The Kier molecular flexibility index (Phi) is 5.75. The zero-order chi connectivity index (χ0) is 27.9. The number of pyridine rings is 2. The normalized spacial score (nSPS) is 11.3. The lowest BCUT2D eigenvalue weighted by Gasteiger charge is -2.13. The molecule has 0 saturated heterocycles. The molecule has 0 aliphatic carbocycles. The van der Waals surface area contributed by atoms with E-state index in [2.05, 4.69) is 72.8 Å². The van der Waals surface area contributed by atoms with Crippen LogP contribution in [-0.2, 0) is 0 Å². The maximum Gasteiger partial charge on any atom is 0.160 e. The molecule has 0 atom stereocenters. The van der Waals surface area contributed by atoms with Crippen molar-refractivity contribution in [2.75, 3.05) is 0 Å². The fourth-order valence-corrected chi connectivity index (χ4v) is 5.67. The van der Waals surface area contributed by atoms with Gasteiger partial charge in [0.25, 0.3) is 0 Å². The third-order valence-electron chi connectivity index (χ3n) is 7.72. The van der Waals surface area contributed by atoms with E-state index < -0.39 is 0 Å². The summed E-state index contributed by atoms with van der Waals surface area (Å²) in [5.74, 6) is 0.685. The van der Waals surface area contributed by atoms with Crippen molar-refractivity contribution < 1.29 is 0 Å². The van der Waals surface area contributed by atoms with Gasteiger partial charge in [-0.05, 0) is 35.0 Å². The van der Waals surface area contributed by atoms with E-state index in [1.165, 1.54) is 16.2 Å². The molecule has 8 aromatic rings. The summed E-state index contributed by atoms with van der Waals surface area (Å²) >= 11 is 0. The van der Waals surface area contributed by atoms with Crippen LogP contribution in [-0.4, -0.2) is 19.9 Å². The predicted octanol–water partition coefficient (Wildman–Crippen LogP) is 9.39. The zero-order valence-corrected chi connectivity index (χ0v) is 22.6. The van der Waals surface area contributed by atoms with Crippen molar-refractivity contribution in [1.29, 1.82) is 0 Å². The molecule has 0 amide bonds. The lowest BCUT2D eigenvalue weighted by atomic mass is 9.96. The average Bonchev–Trinajstić information content (AvgIpc) is 3.08. The summed E-state index contributed by atoms with van der Waals surface area (Å²) in [5, 5.41) is 5.87. The highest BCUT2D eigenvalue weighted by atomic mass is 14.9. The summed E-state index contributed by atoms with van der Waals surface area (Å²) in [5.41, 5.74) is 7.29. The maximum atomic E-state index is 5.10. The van der Waals surface area contributed by atoms with Crippen LogP contribution in [0.3, 0.4) is 0 Å². The van der Waals surface area contributed by atoms with Gasteiger partial charge in [0.15, 0.2) is 5.82 Å². The lowest BCUT2D eigenvalue weighted by molar-refractivity contribution is 1.18. The van der Waals surface area contributed by atoms with Crippen LogP contribution in [0.4, 0.5) is 0 Å². The number of hydrogen-bond donors (Lipinski definition) is 0. The van der Waals surface area contributed by atoms with Crippen LogP contribution in [0.25, 0.3) is 77.7 Å². The molecule has 0 bridgehead atoms. The molecule has 0 aliphatic rings. The molecule has 4 heteroatoms. The molecular weight excluding hydrogens is 512 g/mol. The number of nitrogens with zero attached hydrogens (tertiary/aromatic N) is 4. The van der Waals surface area contributed by atoms with Gasteiger partial charge in [0.2, 0.25) is 0 Å². The summed E-state index contributed by atoms with van der Waals surface area (Å²) in [7, 11) is 0. The van der Waals surface area contributed by atoms with E-state index in [9.17, 15) is 0 Å². The van der Waals surface area contributed by atoms with Gasteiger partial charge in [-0.3, -0.25) is 4.98 Å². The number of para-hydroxylation sites is 1. The molecule has 0 aliphatic heterocycles. The molecule has 0 spiro atoms. The molecule has 3 aromatic heterocycles. The zero-order valence-electron chi connectivity index (χ0n) is 22.6. The SMILES string of the molecule is c1ccc(-c2cc(-c3ccc(-c4nc5ccccc5c5c4ccc4ccccc45)nc3)nc(-c3ccccc3)n2)cc1. The van der Waals surface area contributed by atoms with Crippen molar-refractivity contribution in [2.24, 2.45) is 0 Å². The second-order valence-electron chi connectivity index (χ2n) is 10.3. The van der Waals surface area contributed by atoms with Gasteiger partial charge in [0, 0.05) is 39.0 Å². The lowest BCUT2D eigenvalue weighted by Crippen LogP contribution is -1.97. The third kappa shape index (κ3) is 4.18. The van der Waals surface area contributed by atoms with Gasteiger partial charge in [0.1, 0.15) is 0 Å². The first-order valence-electron chi connectivity index (χ1n) is 14.0. The minimum absolute atomic E-state index is 0.685. The number of fused-ring (bicyclic) bond motifs is 5. The van der Waals surface area contributed by atoms with E-state index >= 15 is 0 Å². The minimum atomic E-state index is 0.685. The Morgan fingerprint density at radius 2 is 1.07 bits per heavy atom. The topological polar surface area (TPSA) is 51.6 Å². The first-order valence-corrected chi connectivity index (χ1v) is 14.0. The first-order chi connectivity index (χ1) is 20.8. The first kappa shape index (κ1) is 24.1. The van der Waals surface area contributed by atoms with E-state index in [-0.39, 0.29) is 0 Å². The summed E-state index contributed by atoms with van der Waals surface area (Å²) in [4.78, 5) is 19.9. The molecular formula is C38H24N4. The van der Waals surface area contributed by atoms with Gasteiger partial charge in [-0.15, -0.1) is 0 Å². The fourth-order valence-electron chi connectivity index (χ4n) is 5.67. The highest BCUT2D eigenvalue weighted by Gasteiger charge is 2.15. The van der Waals surface area contributed by atoms with Crippen LogP contribution in [0.2, 0.25) is 0 Å². The van der Waals surface area contributed by atoms with Crippen molar-refractivity contribution in [1.82, 2.24) is 19.9 Å². The third-order valence-corrected chi connectivity index (χ3v) is 7.72. The van der Waals surface area contributed by atoms with Gasteiger partial charge in [0.05, 0.1) is 28.3 Å². The van der Waals surface area contributed by atoms with Crippen LogP contribution in [0, 0.1) is 0 Å². The van der Waals surface area contributed by atoms with Gasteiger partial charge < -0.3 is 0 Å². The monoisotopic (exact) mass is 536 g/mol. The Hall–Kier alpha value is -5.74. The van der Waals surface area contributed by atoms with Gasteiger partial charge in [-0.2, -0.15) is 0 Å². The molecule has 8 rings (SSSR count). The molecule has 196 valence electrons. The van der Waals surface area contributed by atoms with Gasteiger partial charge >= 0.3 is 0 Å². The number of hydrogen-bond acceptors (Lipinski definition) is 4. The predicted molar refractivity (Wildman–Crippen MR) is 172 cm³/mol. The second-order valence-corrected chi connectivity index (χ2v) is 10.3. The van der Waals surface area contributed by atoms with Crippen molar-refractivity contribution in [3.63, 3.8) is 0 Å². The smallest absolute Gasteiger partial charge is 0.160 e. The highest BCUT2D eigenvalue weighted by molar-refractivity contribution is 6.22. The van der Waals surface area contributed by atoms with E-state index in [0.717, 1.165) is 55.8 Å². The Morgan fingerprint density at radius 1 is 0.405 bits per heavy atom. The number of rotatable bonds is 4. The van der Waals surface area contributed by atoms with Crippen molar-refractivity contribution in [3.8, 4) is 45.3 Å². The summed E-state index contributed by atoms with van der Waals surface area (Å²) < 4.78 is 0. The van der Waals surface area contributed by atoms with Crippen LogP contribution in [0.5, 0.6) is 0 Å². The molecule has 0 fully saturated rings. The number of aromatic nitrogens is 4. The van der Waals surface area contributed by atoms with Crippen LogP contribution in [0.15, 0.2) is 146 Å².